The molecule has 2 aromatic heterocycles. The molecule has 3 rings (SSSR count). The van der Waals surface area contributed by atoms with Crippen molar-refractivity contribution in [3.05, 3.63) is 60.6 Å². The Morgan fingerprint density at radius 2 is 1.63 bits per heavy atom. The van der Waals surface area contributed by atoms with Crippen LogP contribution in [0.1, 0.15) is 30.6 Å². The van der Waals surface area contributed by atoms with Crippen LogP contribution in [0.4, 0.5) is 0 Å². The Labute approximate surface area is 174 Å². The number of furan rings is 2. The van der Waals surface area contributed by atoms with Crippen molar-refractivity contribution >= 4 is 11.8 Å². The standard InChI is InChI=1S/C23H23N3O4/c1-15(2)11-19(23(28)25-8-7-24)26-22(27)18-13-16(20-5-3-9-29-20)12-17(14-18)21-6-4-10-30-21/h3-6,9-10,12-15,19H,8,11H2,1-2H3,(H,25,28)(H,26,27)/t19-/m0/s1. The van der Waals surface area contributed by atoms with Crippen molar-refractivity contribution in [3.8, 4) is 28.7 Å². The van der Waals surface area contributed by atoms with Gasteiger partial charge in [0.05, 0.1) is 18.6 Å². The summed E-state index contributed by atoms with van der Waals surface area (Å²) >= 11 is 0. The van der Waals surface area contributed by atoms with Crippen LogP contribution >= 0.6 is 0 Å². The molecule has 0 aliphatic heterocycles. The van der Waals surface area contributed by atoms with Gasteiger partial charge in [0.25, 0.3) is 5.91 Å². The lowest BCUT2D eigenvalue weighted by molar-refractivity contribution is -0.123. The fourth-order valence-electron chi connectivity index (χ4n) is 3.12. The Morgan fingerprint density at radius 3 is 2.10 bits per heavy atom. The zero-order valence-electron chi connectivity index (χ0n) is 16.8. The lowest BCUT2D eigenvalue weighted by Crippen LogP contribution is -2.47. The molecule has 0 radical (unpaired) electrons. The SMILES string of the molecule is CC(C)C[C@H](NC(=O)c1cc(-c2ccco2)cc(-c2ccco2)c1)C(=O)NCC#N. The van der Waals surface area contributed by atoms with Crippen molar-refractivity contribution in [3.63, 3.8) is 0 Å². The second-order valence-electron chi connectivity index (χ2n) is 7.29. The normalized spacial score (nSPS) is 11.7. The second kappa shape index (κ2) is 9.61. The Morgan fingerprint density at radius 1 is 1.03 bits per heavy atom. The fourth-order valence-corrected chi connectivity index (χ4v) is 3.12. The first-order valence-corrected chi connectivity index (χ1v) is 9.66. The number of carbonyl (C=O) groups is 2. The van der Waals surface area contributed by atoms with Crippen molar-refractivity contribution in [1.29, 1.82) is 5.26 Å². The number of carbonyl (C=O) groups excluding carboxylic acids is 2. The topological polar surface area (TPSA) is 108 Å². The molecule has 3 aromatic rings. The van der Waals surface area contributed by atoms with E-state index in [9.17, 15) is 9.59 Å². The minimum atomic E-state index is -0.745. The van der Waals surface area contributed by atoms with Crippen LogP contribution in [-0.4, -0.2) is 24.4 Å². The van der Waals surface area contributed by atoms with Crippen LogP contribution in [0.15, 0.2) is 63.8 Å². The molecule has 154 valence electrons. The third kappa shape index (κ3) is 5.17. The third-order valence-corrected chi connectivity index (χ3v) is 4.48. The molecule has 0 saturated heterocycles. The molecule has 1 atom stereocenters. The highest BCUT2D eigenvalue weighted by Gasteiger charge is 2.23. The average molecular weight is 405 g/mol. The van der Waals surface area contributed by atoms with Crippen LogP contribution in [0.2, 0.25) is 0 Å². The maximum atomic E-state index is 13.0. The summed E-state index contributed by atoms with van der Waals surface area (Å²) in [7, 11) is 0. The lowest BCUT2D eigenvalue weighted by atomic mass is 10.00. The number of hydrogen-bond acceptors (Lipinski definition) is 5. The first-order chi connectivity index (χ1) is 14.5. The zero-order valence-corrected chi connectivity index (χ0v) is 16.8. The Balaban J connectivity index is 1.91. The van der Waals surface area contributed by atoms with Crippen molar-refractivity contribution < 1.29 is 18.4 Å². The van der Waals surface area contributed by atoms with Gasteiger partial charge in [-0.1, -0.05) is 13.8 Å². The second-order valence-corrected chi connectivity index (χ2v) is 7.29. The van der Waals surface area contributed by atoms with Crippen molar-refractivity contribution in [2.75, 3.05) is 6.54 Å². The third-order valence-electron chi connectivity index (χ3n) is 4.48. The molecule has 7 heteroatoms. The summed E-state index contributed by atoms with van der Waals surface area (Å²) in [6.07, 6.45) is 3.58. The van der Waals surface area contributed by atoms with Gasteiger partial charge in [-0.05, 0) is 54.8 Å². The number of benzene rings is 1. The molecule has 0 fully saturated rings. The van der Waals surface area contributed by atoms with Crippen LogP contribution in [0.25, 0.3) is 22.6 Å². The number of hydrogen-bond donors (Lipinski definition) is 2. The summed E-state index contributed by atoms with van der Waals surface area (Å²) in [6, 6.07) is 13.6. The van der Waals surface area contributed by atoms with Gasteiger partial charge in [-0.3, -0.25) is 9.59 Å². The maximum absolute atomic E-state index is 13.0. The molecule has 0 bridgehead atoms. The Bertz CT molecular complexity index is 979. The smallest absolute Gasteiger partial charge is 0.251 e. The molecule has 0 spiro atoms. The number of nitrogens with one attached hydrogen (secondary N) is 2. The predicted molar refractivity (Wildman–Crippen MR) is 111 cm³/mol. The molecule has 2 heterocycles. The van der Waals surface area contributed by atoms with E-state index < -0.39 is 11.9 Å². The first kappa shape index (κ1) is 20.9. The fraction of sp³-hybridized carbons (Fsp3) is 0.261. The summed E-state index contributed by atoms with van der Waals surface area (Å²) < 4.78 is 11.0. The molecule has 2 amide bonds. The van der Waals surface area contributed by atoms with E-state index in [1.54, 1.807) is 48.9 Å². The van der Waals surface area contributed by atoms with Gasteiger partial charge in [-0.2, -0.15) is 5.26 Å². The molecular formula is C23H23N3O4. The first-order valence-electron chi connectivity index (χ1n) is 9.66. The van der Waals surface area contributed by atoms with Crippen LogP contribution in [0.3, 0.4) is 0 Å². The quantitative estimate of drug-likeness (QED) is 0.551. The predicted octanol–water partition coefficient (Wildman–Crippen LogP) is 3.99. The molecule has 0 saturated carbocycles. The molecule has 2 N–H and O–H groups in total. The van der Waals surface area contributed by atoms with E-state index in [-0.39, 0.29) is 18.4 Å². The van der Waals surface area contributed by atoms with E-state index in [0.29, 0.717) is 34.6 Å². The van der Waals surface area contributed by atoms with Gasteiger partial charge in [-0.25, -0.2) is 0 Å². The minimum Gasteiger partial charge on any atom is -0.464 e. The van der Waals surface area contributed by atoms with Gasteiger partial charge in [0.2, 0.25) is 5.91 Å². The summed E-state index contributed by atoms with van der Waals surface area (Å²) in [4.78, 5) is 25.4. The molecule has 1 aromatic carbocycles. The number of rotatable bonds is 8. The minimum absolute atomic E-state index is 0.111. The van der Waals surface area contributed by atoms with Gasteiger partial charge in [-0.15, -0.1) is 0 Å². The lowest BCUT2D eigenvalue weighted by Gasteiger charge is -2.20. The molecule has 0 aliphatic rings. The van der Waals surface area contributed by atoms with Gasteiger partial charge < -0.3 is 19.5 Å². The summed E-state index contributed by atoms with van der Waals surface area (Å²) in [5, 5.41) is 14.0. The van der Waals surface area contributed by atoms with Crippen molar-refractivity contribution in [2.24, 2.45) is 5.92 Å². The van der Waals surface area contributed by atoms with Gasteiger partial charge in [0, 0.05) is 16.7 Å². The highest BCUT2D eigenvalue weighted by atomic mass is 16.3. The molecular weight excluding hydrogens is 382 g/mol. The summed E-state index contributed by atoms with van der Waals surface area (Å²) in [5.74, 6) is 0.628. The largest absolute Gasteiger partial charge is 0.464 e. The zero-order chi connectivity index (χ0) is 21.5. The van der Waals surface area contributed by atoms with Crippen LogP contribution in [0, 0.1) is 17.2 Å². The van der Waals surface area contributed by atoms with E-state index in [0.717, 1.165) is 0 Å². The van der Waals surface area contributed by atoms with E-state index in [1.807, 2.05) is 26.0 Å². The van der Waals surface area contributed by atoms with Crippen LogP contribution in [-0.2, 0) is 4.79 Å². The Kier molecular flexibility index (Phi) is 6.71. The van der Waals surface area contributed by atoms with Crippen molar-refractivity contribution in [2.45, 2.75) is 26.3 Å². The van der Waals surface area contributed by atoms with E-state index >= 15 is 0 Å². The Hall–Kier alpha value is -3.79. The molecule has 0 aliphatic carbocycles. The van der Waals surface area contributed by atoms with E-state index in [2.05, 4.69) is 10.6 Å². The summed E-state index contributed by atoms with van der Waals surface area (Å²) in [6.45, 7) is 3.81. The van der Waals surface area contributed by atoms with Gasteiger partial charge in [0.1, 0.15) is 24.1 Å². The number of amides is 2. The molecule has 0 unspecified atom stereocenters. The molecule has 30 heavy (non-hydrogen) atoms. The van der Waals surface area contributed by atoms with Crippen molar-refractivity contribution in [1.82, 2.24) is 10.6 Å². The highest BCUT2D eigenvalue weighted by Crippen LogP contribution is 2.29. The van der Waals surface area contributed by atoms with E-state index in [1.165, 1.54) is 0 Å². The highest BCUT2D eigenvalue weighted by molar-refractivity contribution is 5.99. The van der Waals surface area contributed by atoms with Crippen LogP contribution in [0.5, 0.6) is 0 Å². The maximum Gasteiger partial charge on any atom is 0.251 e. The van der Waals surface area contributed by atoms with Gasteiger partial charge >= 0.3 is 0 Å². The monoisotopic (exact) mass is 405 g/mol. The summed E-state index contributed by atoms with van der Waals surface area (Å²) in [5.41, 5.74) is 1.80. The van der Waals surface area contributed by atoms with Crippen LogP contribution < -0.4 is 10.6 Å². The van der Waals surface area contributed by atoms with E-state index in [4.69, 9.17) is 14.1 Å². The molecule has 7 nitrogen and oxygen atoms in total. The number of nitriles is 1. The number of nitrogens with zero attached hydrogens (tertiary/aromatic N) is 1. The van der Waals surface area contributed by atoms with Gasteiger partial charge in [0.15, 0.2) is 0 Å². The average Bonchev–Trinajstić information content (AvgIpc) is 3.45.